The lowest BCUT2D eigenvalue weighted by Crippen LogP contribution is -2.29. The minimum Gasteiger partial charge on any atom is -0.497 e. The van der Waals surface area contributed by atoms with Gasteiger partial charge in [-0.1, -0.05) is 26.0 Å². The number of carbonyl (C=O) groups excluding carboxylic acids is 1. The molecule has 0 bridgehead atoms. The van der Waals surface area contributed by atoms with E-state index in [4.69, 9.17) is 14.8 Å². The normalized spacial score (nSPS) is 16.9. The first-order valence-corrected chi connectivity index (χ1v) is 11.4. The summed E-state index contributed by atoms with van der Waals surface area (Å²) in [6.45, 7) is 14.0. The van der Waals surface area contributed by atoms with Crippen LogP contribution in [0.15, 0.2) is 30.3 Å². The molecule has 3 aromatic rings. The molecule has 1 amide bonds. The molecule has 0 N–H and O–H groups in total. The first-order valence-electron chi connectivity index (χ1n) is 11.4. The number of ether oxygens (including phenoxy) is 1. The van der Waals surface area contributed by atoms with E-state index in [1.54, 1.807) is 7.11 Å². The first kappa shape index (κ1) is 22.3. The van der Waals surface area contributed by atoms with Crippen molar-refractivity contribution in [2.75, 3.05) is 20.2 Å². The highest BCUT2D eigenvalue weighted by molar-refractivity contribution is 6.06. The molecule has 0 radical (unpaired) electrons. The largest absolute Gasteiger partial charge is 0.497 e. The lowest BCUT2D eigenvalue weighted by molar-refractivity contribution is 0.0792. The maximum atomic E-state index is 13.8. The summed E-state index contributed by atoms with van der Waals surface area (Å²) in [5, 5.41) is 5.66. The van der Waals surface area contributed by atoms with Crippen LogP contribution in [0, 0.1) is 6.92 Å². The van der Waals surface area contributed by atoms with Crippen LogP contribution in [0.4, 0.5) is 0 Å². The number of pyridine rings is 1. The van der Waals surface area contributed by atoms with E-state index in [-0.39, 0.29) is 17.4 Å². The van der Waals surface area contributed by atoms with Gasteiger partial charge >= 0.3 is 0 Å². The number of hydrogen-bond acceptors (Lipinski definition) is 4. The van der Waals surface area contributed by atoms with E-state index in [9.17, 15) is 4.79 Å². The van der Waals surface area contributed by atoms with Crippen LogP contribution in [-0.4, -0.2) is 45.8 Å². The number of aryl methyl sites for hydroxylation is 1. The van der Waals surface area contributed by atoms with Gasteiger partial charge in [0.25, 0.3) is 5.91 Å². The third-order valence-corrected chi connectivity index (χ3v) is 6.35. The molecule has 1 atom stereocenters. The zero-order chi connectivity index (χ0) is 23.2. The fourth-order valence-corrected chi connectivity index (χ4v) is 4.50. The molecular formula is C26H34N4O2. The second-order valence-corrected chi connectivity index (χ2v) is 10.1. The Kier molecular flexibility index (Phi) is 5.74. The Morgan fingerprint density at radius 3 is 2.47 bits per heavy atom. The molecule has 1 fully saturated rings. The first-order chi connectivity index (χ1) is 15.1. The van der Waals surface area contributed by atoms with Gasteiger partial charge in [-0.3, -0.25) is 4.79 Å². The van der Waals surface area contributed by atoms with Gasteiger partial charge in [0.15, 0.2) is 5.65 Å². The number of fused-ring (bicyclic) bond motifs is 1. The van der Waals surface area contributed by atoms with Gasteiger partial charge in [0.05, 0.1) is 29.3 Å². The molecule has 2 aromatic heterocycles. The van der Waals surface area contributed by atoms with E-state index in [1.807, 2.05) is 34.7 Å². The van der Waals surface area contributed by atoms with E-state index < -0.39 is 0 Å². The van der Waals surface area contributed by atoms with Gasteiger partial charge in [-0.05, 0) is 63.8 Å². The summed E-state index contributed by atoms with van der Waals surface area (Å²) >= 11 is 0. The van der Waals surface area contributed by atoms with E-state index in [1.165, 1.54) is 5.56 Å². The topological polar surface area (TPSA) is 60.2 Å². The van der Waals surface area contributed by atoms with E-state index in [0.29, 0.717) is 5.92 Å². The van der Waals surface area contributed by atoms with Crippen LogP contribution in [0.3, 0.4) is 0 Å². The van der Waals surface area contributed by atoms with Crippen molar-refractivity contribution in [3.05, 3.63) is 52.8 Å². The van der Waals surface area contributed by atoms with Crippen molar-refractivity contribution in [2.45, 2.75) is 65.3 Å². The molecule has 0 aliphatic carbocycles. The Bertz CT molecular complexity index is 1140. The molecule has 4 rings (SSSR count). The number of aromatic nitrogens is 3. The van der Waals surface area contributed by atoms with Crippen molar-refractivity contribution in [1.29, 1.82) is 0 Å². The van der Waals surface area contributed by atoms with Crippen LogP contribution >= 0.6 is 0 Å². The number of rotatable bonds is 4. The monoisotopic (exact) mass is 434 g/mol. The van der Waals surface area contributed by atoms with Gasteiger partial charge in [0.1, 0.15) is 5.75 Å². The number of nitrogens with zero attached hydrogens (tertiary/aromatic N) is 4. The summed E-state index contributed by atoms with van der Waals surface area (Å²) in [5.74, 6) is 1.49. The zero-order valence-electron chi connectivity index (χ0n) is 20.3. The number of hydrogen-bond donors (Lipinski definition) is 0. The Balaban J connectivity index is 1.71. The molecule has 1 aromatic carbocycles. The maximum Gasteiger partial charge on any atom is 0.254 e. The van der Waals surface area contributed by atoms with E-state index in [2.05, 4.69) is 46.8 Å². The van der Waals surface area contributed by atoms with Crippen LogP contribution in [0.2, 0.25) is 0 Å². The van der Waals surface area contributed by atoms with Crippen molar-refractivity contribution in [1.82, 2.24) is 19.7 Å². The molecule has 6 heteroatoms. The molecule has 1 saturated heterocycles. The Morgan fingerprint density at radius 1 is 1.19 bits per heavy atom. The summed E-state index contributed by atoms with van der Waals surface area (Å²) in [5.41, 5.74) is 4.34. The average molecular weight is 435 g/mol. The van der Waals surface area contributed by atoms with Crippen molar-refractivity contribution >= 4 is 16.9 Å². The van der Waals surface area contributed by atoms with Crippen molar-refractivity contribution in [3.8, 4) is 5.75 Å². The number of amides is 1. The molecule has 3 heterocycles. The molecule has 6 nitrogen and oxygen atoms in total. The highest BCUT2D eigenvalue weighted by Crippen LogP contribution is 2.33. The van der Waals surface area contributed by atoms with Gasteiger partial charge in [-0.2, -0.15) is 5.10 Å². The Morgan fingerprint density at radius 2 is 1.88 bits per heavy atom. The molecule has 0 spiro atoms. The second-order valence-electron chi connectivity index (χ2n) is 10.1. The second kappa shape index (κ2) is 8.23. The number of benzene rings is 1. The predicted octanol–water partition coefficient (Wildman–Crippen LogP) is 5.26. The van der Waals surface area contributed by atoms with E-state index in [0.717, 1.165) is 53.2 Å². The molecular weight excluding hydrogens is 400 g/mol. The number of likely N-dealkylation sites (tertiary alicyclic amines) is 1. The lowest BCUT2D eigenvalue weighted by atomic mass is 9.98. The van der Waals surface area contributed by atoms with Gasteiger partial charge in [-0.15, -0.1) is 0 Å². The van der Waals surface area contributed by atoms with Gasteiger partial charge in [-0.25, -0.2) is 9.67 Å². The molecule has 170 valence electrons. The van der Waals surface area contributed by atoms with Crippen molar-refractivity contribution in [2.24, 2.45) is 0 Å². The Hall–Kier alpha value is -2.89. The van der Waals surface area contributed by atoms with Crippen LogP contribution in [0.1, 0.15) is 80.2 Å². The van der Waals surface area contributed by atoms with Gasteiger partial charge in [0.2, 0.25) is 0 Å². The van der Waals surface area contributed by atoms with Gasteiger partial charge in [0, 0.05) is 24.7 Å². The molecule has 1 unspecified atom stereocenters. The number of carbonyl (C=O) groups is 1. The molecule has 1 aliphatic heterocycles. The Labute approximate surface area is 190 Å². The smallest absolute Gasteiger partial charge is 0.254 e. The zero-order valence-corrected chi connectivity index (χ0v) is 20.3. The minimum absolute atomic E-state index is 0.0758. The summed E-state index contributed by atoms with van der Waals surface area (Å²) in [7, 11) is 1.68. The lowest BCUT2D eigenvalue weighted by Gasteiger charge is -2.21. The summed E-state index contributed by atoms with van der Waals surface area (Å²) in [6.07, 6.45) is 0.962. The highest BCUT2D eigenvalue weighted by atomic mass is 16.5. The summed E-state index contributed by atoms with van der Waals surface area (Å²) in [4.78, 5) is 20.7. The van der Waals surface area contributed by atoms with Crippen LogP contribution in [0.25, 0.3) is 11.0 Å². The standard InChI is InChI=1S/C26H34N4O2/c1-16(2)22-14-21(23-17(3)28-30(24(23)27-22)26(4,5)6)25(31)29-13-12-19(15-29)18-8-10-20(32-7)11-9-18/h8-11,14,16,19H,12-13,15H2,1-7H3. The SMILES string of the molecule is COc1ccc(C2CCN(C(=O)c3cc(C(C)C)nc4c3c(C)nn4C(C)(C)C)C2)cc1. The molecule has 1 aliphatic rings. The number of methoxy groups -OCH3 is 1. The van der Waals surface area contributed by atoms with E-state index >= 15 is 0 Å². The van der Waals surface area contributed by atoms with Crippen LogP contribution in [-0.2, 0) is 5.54 Å². The maximum absolute atomic E-state index is 13.8. The fourth-order valence-electron chi connectivity index (χ4n) is 4.50. The summed E-state index contributed by atoms with van der Waals surface area (Å²) in [6, 6.07) is 10.2. The van der Waals surface area contributed by atoms with Crippen LogP contribution < -0.4 is 4.74 Å². The highest BCUT2D eigenvalue weighted by Gasteiger charge is 2.31. The average Bonchev–Trinajstić information content (AvgIpc) is 3.38. The van der Waals surface area contributed by atoms with Crippen molar-refractivity contribution < 1.29 is 9.53 Å². The third kappa shape index (κ3) is 3.98. The fraction of sp³-hybridized carbons (Fsp3) is 0.500. The third-order valence-electron chi connectivity index (χ3n) is 6.35. The molecule has 32 heavy (non-hydrogen) atoms. The quantitative estimate of drug-likeness (QED) is 0.562. The minimum atomic E-state index is -0.220. The molecule has 0 saturated carbocycles. The van der Waals surface area contributed by atoms with Crippen LogP contribution in [0.5, 0.6) is 5.75 Å². The predicted molar refractivity (Wildman–Crippen MR) is 128 cm³/mol. The van der Waals surface area contributed by atoms with Gasteiger partial charge < -0.3 is 9.64 Å². The summed E-state index contributed by atoms with van der Waals surface area (Å²) < 4.78 is 7.24. The van der Waals surface area contributed by atoms with Crippen molar-refractivity contribution in [3.63, 3.8) is 0 Å².